The second kappa shape index (κ2) is 5.32. The first-order valence-electron chi connectivity index (χ1n) is 5.77. The molecule has 0 saturated carbocycles. The first-order chi connectivity index (χ1) is 7.79. The number of benzene rings is 1. The molecule has 1 aromatic rings. The maximum atomic E-state index is 6.17. The van der Waals surface area contributed by atoms with Gasteiger partial charge in [0.2, 0.25) is 0 Å². The molecule has 16 heavy (non-hydrogen) atoms. The van der Waals surface area contributed by atoms with Crippen molar-refractivity contribution in [1.82, 2.24) is 0 Å². The Hall–Kier alpha value is -1.06. The molecular weight excluding hydrogens is 202 g/mol. The van der Waals surface area contributed by atoms with Crippen molar-refractivity contribution in [3.63, 3.8) is 0 Å². The fourth-order valence-electron chi connectivity index (χ4n) is 2.12. The summed E-state index contributed by atoms with van der Waals surface area (Å²) in [4.78, 5) is 0. The summed E-state index contributed by atoms with van der Waals surface area (Å²) >= 11 is 0. The molecule has 2 atom stereocenters. The summed E-state index contributed by atoms with van der Waals surface area (Å²) in [5.41, 5.74) is 7.34. The van der Waals surface area contributed by atoms with Gasteiger partial charge in [-0.05, 0) is 36.5 Å². The molecule has 2 rings (SSSR count). The Kier molecular flexibility index (Phi) is 3.80. The molecule has 1 aliphatic heterocycles. The molecule has 1 aromatic carbocycles. The van der Waals surface area contributed by atoms with Crippen LogP contribution in [0.15, 0.2) is 24.3 Å². The minimum atomic E-state index is 0.109. The van der Waals surface area contributed by atoms with E-state index in [-0.39, 0.29) is 6.04 Å². The number of hydrogen-bond donors (Lipinski definition) is 1. The number of ether oxygens (including phenoxy) is 2. The lowest BCUT2D eigenvalue weighted by atomic mass is 9.95. The topological polar surface area (TPSA) is 44.5 Å². The van der Waals surface area contributed by atoms with Gasteiger partial charge in [0.15, 0.2) is 0 Å². The molecule has 1 saturated heterocycles. The maximum absolute atomic E-state index is 6.17. The molecule has 88 valence electrons. The summed E-state index contributed by atoms with van der Waals surface area (Å²) in [6.45, 7) is 1.75. The van der Waals surface area contributed by atoms with Crippen LogP contribution >= 0.6 is 0 Å². The normalized spacial score (nSPS) is 22.0. The Balaban J connectivity index is 1.94. The van der Waals surface area contributed by atoms with Crippen molar-refractivity contribution in [2.24, 2.45) is 11.7 Å². The number of rotatable bonds is 4. The van der Waals surface area contributed by atoms with Crippen molar-refractivity contribution in [1.29, 1.82) is 0 Å². The molecule has 0 aromatic heterocycles. The highest BCUT2D eigenvalue weighted by Crippen LogP contribution is 2.25. The quantitative estimate of drug-likeness (QED) is 0.847. The summed E-state index contributed by atoms with van der Waals surface area (Å²) in [5, 5.41) is 0. The van der Waals surface area contributed by atoms with Crippen molar-refractivity contribution in [3.05, 3.63) is 29.8 Å². The largest absolute Gasteiger partial charge is 0.497 e. The van der Waals surface area contributed by atoms with Gasteiger partial charge < -0.3 is 15.2 Å². The Morgan fingerprint density at radius 3 is 2.75 bits per heavy atom. The van der Waals surface area contributed by atoms with Gasteiger partial charge in [-0.25, -0.2) is 0 Å². The molecular formula is C13H19NO2. The van der Waals surface area contributed by atoms with Gasteiger partial charge in [-0.2, -0.15) is 0 Å². The molecule has 3 heteroatoms. The van der Waals surface area contributed by atoms with E-state index in [0.717, 1.165) is 31.8 Å². The van der Waals surface area contributed by atoms with Gasteiger partial charge in [-0.3, -0.25) is 0 Å². The highest BCUT2D eigenvalue weighted by molar-refractivity contribution is 5.28. The predicted octanol–water partition coefficient (Wildman–Crippen LogP) is 2.12. The zero-order valence-electron chi connectivity index (χ0n) is 9.69. The van der Waals surface area contributed by atoms with Crippen LogP contribution in [0.25, 0.3) is 0 Å². The number of hydrogen-bond acceptors (Lipinski definition) is 3. The van der Waals surface area contributed by atoms with Crippen LogP contribution < -0.4 is 10.5 Å². The van der Waals surface area contributed by atoms with E-state index in [1.165, 1.54) is 5.56 Å². The van der Waals surface area contributed by atoms with Gasteiger partial charge in [-0.1, -0.05) is 12.1 Å². The van der Waals surface area contributed by atoms with E-state index in [0.29, 0.717) is 5.92 Å². The molecule has 0 aliphatic carbocycles. The highest BCUT2D eigenvalue weighted by atomic mass is 16.5. The third kappa shape index (κ3) is 2.74. The molecule has 0 spiro atoms. The van der Waals surface area contributed by atoms with Crippen LogP contribution in [0.2, 0.25) is 0 Å². The minimum absolute atomic E-state index is 0.109. The van der Waals surface area contributed by atoms with E-state index in [9.17, 15) is 0 Å². The third-order valence-electron chi connectivity index (χ3n) is 3.16. The van der Waals surface area contributed by atoms with Gasteiger partial charge >= 0.3 is 0 Å². The van der Waals surface area contributed by atoms with Gasteiger partial charge in [0.05, 0.1) is 7.11 Å². The van der Waals surface area contributed by atoms with Crippen molar-refractivity contribution >= 4 is 0 Å². The van der Waals surface area contributed by atoms with Crippen molar-refractivity contribution < 1.29 is 9.47 Å². The molecule has 1 aliphatic rings. The smallest absolute Gasteiger partial charge is 0.118 e. The molecule has 1 heterocycles. The van der Waals surface area contributed by atoms with Gasteiger partial charge in [-0.15, -0.1) is 0 Å². The minimum Gasteiger partial charge on any atom is -0.497 e. The number of methoxy groups -OCH3 is 1. The molecule has 0 amide bonds. The second-order valence-electron chi connectivity index (χ2n) is 4.34. The van der Waals surface area contributed by atoms with Gasteiger partial charge in [0.25, 0.3) is 0 Å². The van der Waals surface area contributed by atoms with E-state index in [4.69, 9.17) is 15.2 Å². The van der Waals surface area contributed by atoms with Crippen molar-refractivity contribution in [3.8, 4) is 5.75 Å². The lowest BCUT2D eigenvalue weighted by molar-refractivity contribution is 0.182. The molecule has 2 N–H and O–H groups in total. The summed E-state index contributed by atoms with van der Waals surface area (Å²) in [7, 11) is 1.67. The Bertz CT molecular complexity index is 317. The average molecular weight is 221 g/mol. The van der Waals surface area contributed by atoms with Crippen LogP contribution in [-0.4, -0.2) is 20.3 Å². The van der Waals surface area contributed by atoms with Crippen LogP contribution in [0.4, 0.5) is 0 Å². The van der Waals surface area contributed by atoms with E-state index in [1.54, 1.807) is 7.11 Å². The fourth-order valence-corrected chi connectivity index (χ4v) is 2.12. The summed E-state index contributed by atoms with van der Waals surface area (Å²) in [6, 6.07) is 8.11. The first-order valence-corrected chi connectivity index (χ1v) is 5.77. The first kappa shape index (κ1) is 11.4. The van der Waals surface area contributed by atoms with Crippen LogP contribution in [0, 0.1) is 5.92 Å². The van der Waals surface area contributed by atoms with Gasteiger partial charge in [0.1, 0.15) is 5.75 Å². The fraction of sp³-hybridized carbons (Fsp3) is 0.538. The molecule has 1 fully saturated rings. The molecule has 2 unspecified atom stereocenters. The Morgan fingerprint density at radius 1 is 1.44 bits per heavy atom. The highest BCUT2D eigenvalue weighted by Gasteiger charge is 2.19. The zero-order chi connectivity index (χ0) is 11.4. The lowest BCUT2D eigenvalue weighted by Gasteiger charge is -2.16. The van der Waals surface area contributed by atoms with Crippen LogP contribution in [-0.2, 0) is 4.74 Å². The predicted molar refractivity (Wildman–Crippen MR) is 63.5 cm³/mol. The monoisotopic (exact) mass is 221 g/mol. The third-order valence-corrected chi connectivity index (χ3v) is 3.16. The lowest BCUT2D eigenvalue weighted by Crippen LogP contribution is -2.15. The Morgan fingerprint density at radius 2 is 2.19 bits per heavy atom. The average Bonchev–Trinajstić information content (AvgIpc) is 2.82. The SMILES string of the molecule is COc1ccc(C(N)CC2CCOC2)cc1. The summed E-state index contributed by atoms with van der Waals surface area (Å²) < 4.78 is 10.5. The van der Waals surface area contributed by atoms with E-state index >= 15 is 0 Å². The van der Waals surface area contributed by atoms with Crippen molar-refractivity contribution in [2.45, 2.75) is 18.9 Å². The van der Waals surface area contributed by atoms with E-state index < -0.39 is 0 Å². The van der Waals surface area contributed by atoms with Crippen LogP contribution in [0.3, 0.4) is 0 Å². The van der Waals surface area contributed by atoms with Gasteiger partial charge in [0, 0.05) is 19.3 Å². The van der Waals surface area contributed by atoms with E-state index in [1.807, 2.05) is 24.3 Å². The molecule has 0 radical (unpaired) electrons. The van der Waals surface area contributed by atoms with Crippen molar-refractivity contribution in [2.75, 3.05) is 20.3 Å². The molecule has 0 bridgehead atoms. The van der Waals surface area contributed by atoms with E-state index in [2.05, 4.69) is 0 Å². The summed E-state index contributed by atoms with van der Waals surface area (Å²) in [6.07, 6.45) is 2.15. The summed E-state index contributed by atoms with van der Waals surface area (Å²) in [5.74, 6) is 1.50. The van der Waals surface area contributed by atoms with Crippen LogP contribution in [0.1, 0.15) is 24.4 Å². The zero-order valence-corrected chi connectivity index (χ0v) is 9.69. The second-order valence-corrected chi connectivity index (χ2v) is 4.34. The standard InChI is InChI=1S/C13H19NO2/c1-15-12-4-2-11(3-5-12)13(14)8-10-6-7-16-9-10/h2-5,10,13H,6-9,14H2,1H3. The maximum Gasteiger partial charge on any atom is 0.118 e. The molecule has 3 nitrogen and oxygen atoms in total. The number of nitrogens with two attached hydrogens (primary N) is 1. The van der Waals surface area contributed by atoms with Crippen LogP contribution in [0.5, 0.6) is 5.75 Å². The Labute approximate surface area is 96.5 Å².